The van der Waals surface area contributed by atoms with Gasteiger partial charge in [0, 0.05) is 12.5 Å². The quantitative estimate of drug-likeness (QED) is 0.833. The topological polar surface area (TPSA) is 49.8 Å². The molecule has 0 saturated carbocycles. The number of β-amino-alcohol motifs (C(OH)–C–C–N with tert-alkyl or cyclic N) is 1. The first-order valence-electron chi connectivity index (χ1n) is 7.67. The van der Waals surface area contributed by atoms with Gasteiger partial charge in [0.1, 0.15) is 5.78 Å². The summed E-state index contributed by atoms with van der Waals surface area (Å²) in [7, 11) is 0. The van der Waals surface area contributed by atoms with Gasteiger partial charge >= 0.3 is 0 Å². The zero-order valence-corrected chi connectivity index (χ0v) is 12.7. The second-order valence-corrected chi connectivity index (χ2v) is 5.84. The molecule has 0 aliphatic carbocycles. The predicted molar refractivity (Wildman–Crippen MR) is 81.9 cm³/mol. The Hall–Kier alpha value is -1.23. The zero-order valence-electron chi connectivity index (χ0n) is 12.7. The Bertz CT molecular complexity index is 427. The van der Waals surface area contributed by atoms with Crippen LogP contribution in [-0.2, 0) is 16.1 Å². The largest absolute Gasteiger partial charge is 0.389 e. The molecule has 1 aromatic rings. The maximum Gasteiger partial charge on any atom is 0.133 e. The Balaban J connectivity index is 1.62. The van der Waals surface area contributed by atoms with E-state index in [1.807, 2.05) is 30.3 Å². The number of hydrogen-bond acceptors (Lipinski definition) is 4. The van der Waals surface area contributed by atoms with Crippen molar-refractivity contribution >= 4 is 5.78 Å². The summed E-state index contributed by atoms with van der Waals surface area (Å²) < 4.78 is 5.55. The SMILES string of the molecule is CC(=O)C1CCN(CC(O)COCc2ccccc2)CC1. The summed E-state index contributed by atoms with van der Waals surface area (Å²) in [5.41, 5.74) is 1.12. The van der Waals surface area contributed by atoms with Crippen LogP contribution in [0.5, 0.6) is 0 Å². The summed E-state index contributed by atoms with van der Waals surface area (Å²) in [5, 5.41) is 10.0. The van der Waals surface area contributed by atoms with Crippen LogP contribution in [0.15, 0.2) is 30.3 Å². The van der Waals surface area contributed by atoms with E-state index in [-0.39, 0.29) is 5.92 Å². The van der Waals surface area contributed by atoms with Crippen molar-refractivity contribution in [2.45, 2.75) is 32.5 Å². The fourth-order valence-electron chi connectivity index (χ4n) is 2.76. The van der Waals surface area contributed by atoms with Gasteiger partial charge in [0.25, 0.3) is 0 Å². The number of likely N-dealkylation sites (tertiary alicyclic amines) is 1. The fourth-order valence-corrected chi connectivity index (χ4v) is 2.76. The van der Waals surface area contributed by atoms with E-state index in [1.54, 1.807) is 6.92 Å². The van der Waals surface area contributed by atoms with Crippen molar-refractivity contribution in [1.82, 2.24) is 4.90 Å². The molecular weight excluding hydrogens is 266 g/mol. The van der Waals surface area contributed by atoms with E-state index < -0.39 is 6.10 Å². The summed E-state index contributed by atoms with van der Waals surface area (Å²) >= 11 is 0. The van der Waals surface area contributed by atoms with Crippen molar-refractivity contribution in [3.8, 4) is 0 Å². The Morgan fingerprint density at radius 2 is 2.00 bits per heavy atom. The number of hydrogen-bond donors (Lipinski definition) is 1. The summed E-state index contributed by atoms with van der Waals surface area (Å²) in [5.74, 6) is 0.508. The number of carbonyl (C=O) groups is 1. The minimum absolute atomic E-state index is 0.215. The summed E-state index contributed by atoms with van der Waals surface area (Å²) in [4.78, 5) is 13.5. The molecule has 1 atom stereocenters. The number of ether oxygens (including phenoxy) is 1. The molecule has 2 rings (SSSR count). The molecule has 1 fully saturated rings. The molecule has 1 N–H and O–H groups in total. The smallest absolute Gasteiger partial charge is 0.133 e. The molecule has 1 aromatic carbocycles. The molecule has 0 bridgehead atoms. The number of piperidine rings is 1. The Morgan fingerprint density at radius 3 is 2.62 bits per heavy atom. The molecule has 4 heteroatoms. The highest BCUT2D eigenvalue weighted by Gasteiger charge is 2.23. The van der Waals surface area contributed by atoms with Crippen molar-refractivity contribution in [3.63, 3.8) is 0 Å². The number of aliphatic hydroxyl groups excluding tert-OH is 1. The number of carbonyl (C=O) groups excluding carboxylic acids is 1. The lowest BCUT2D eigenvalue weighted by molar-refractivity contribution is -0.122. The highest BCUT2D eigenvalue weighted by atomic mass is 16.5. The van der Waals surface area contributed by atoms with E-state index in [0.29, 0.717) is 25.5 Å². The van der Waals surface area contributed by atoms with Crippen molar-refractivity contribution in [2.75, 3.05) is 26.2 Å². The molecule has 0 spiro atoms. The van der Waals surface area contributed by atoms with Gasteiger partial charge in [0.2, 0.25) is 0 Å². The van der Waals surface area contributed by atoms with Gasteiger partial charge in [-0.1, -0.05) is 30.3 Å². The highest BCUT2D eigenvalue weighted by molar-refractivity contribution is 5.78. The lowest BCUT2D eigenvalue weighted by atomic mass is 9.93. The van der Waals surface area contributed by atoms with E-state index in [2.05, 4.69) is 4.90 Å². The van der Waals surface area contributed by atoms with Crippen LogP contribution in [0, 0.1) is 5.92 Å². The third kappa shape index (κ3) is 5.58. The van der Waals surface area contributed by atoms with Crippen LogP contribution < -0.4 is 0 Å². The normalized spacial score (nSPS) is 18.6. The van der Waals surface area contributed by atoms with Crippen molar-refractivity contribution < 1.29 is 14.6 Å². The molecule has 1 heterocycles. The van der Waals surface area contributed by atoms with Crippen LogP contribution in [0.25, 0.3) is 0 Å². The number of Topliss-reactive ketones (excluding diaryl/α,β-unsaturated/α-hetero) is 1. The Labute approximate surface area is 126 Å². The van der Waals surface area contributed by atoms with Gasteiger partial charge in [-0.05, 0) is 38.4 Å². The van der Waals surface area contributed by atoms with Crippen molar-refractivity contribution in [1.29, 1.82) is 0 Å². The Morgan fingerprint density at radius 1 is 1.33 bits per heavy atom. The van der Waals surface area contributed by atoms with Crippen LogP contribution in [0.4, 0.5) is 0 Å². The molecule has 0 radical (unpaired) electrons. The number of benzene rings is 1. The fraction of sp³-hybridized carbons (Fsp3) is 0.588. The second kappa shape index (κ2) is 8.27. The van der Waals surface area contributed by atoms with E-state index in [9.17, 15) is 9.90 Å². The maximum absolute atomic E-state index is 11.3. The minimum atomic E-state index is -0.470. The first-order valence-corrected chi connectivity index (χ1v) is 7.67. The van der Waals surface area contributed by atoms with Crippen molar-refractivity contribution in [3.05, 3.63) is 35.9 Å². The zero-order chi connectivity index (χ0) is 15.1. The molecule has 21 heavy (non-hydrogen) atoms. The van der Waals surface area contributed by atoms with Crippen molar-refractivity contribution in [2.24, 2.45) is 5.92 Å². The molecule has 116 valence electrons. The summed E-state index contributed by atoms with van der Waals surface area (Å²) in [6.45, 7) is 4.96. The van der Waals surface area contributed by atoms with E-state index in [0.717, 1.165) is 31.5 Å². The standard InChI is InChI=1S/C17H25NO3/c1-14(19)16-7-9-18(10-8-16)11-17(20)13-21-12-15-5-3-2-4-6-15/h2-6,16-17,20H,7-13H2,1H3. The number of aliphatic hydroxyl groups is 1. The molecule has 1 aliphatic heterocycles. The highest BCUT2D eigenvalue weighted by Crippen LogP contribution is 2.18. The molecule has 1 unspecified atom stereocenters. The summed E-state index contributed by atoms with van der Waals surface area (Å²) in [6.07, 6.45) is 1.35. The molecule has 1 saturated heterocycles. The van der Waals surface area contributed by atoms with Gasteiger partial charge in [-0.2, -0.15) is 0 Å². The third-order valence-corrected chi connectivity index (χ3v) is 4.05. The number of rotatable bonds is 7. The number of nitrogens with zero attached hydrogens (tertiary/aromatic N) is 1. The van der Waals surface area contributed by atoms with Crippen LogP contribution in [-0.4, -0.2) is 48.1 Å². The maximum atomic E-state index is 11.3. The molecule has 0 aromatic heterocycles. The third-order valence-electron chi connectivity index (χ3n) is 4.05. The monoisotopic (exact) mass is 291 g/mol. The van der Waals surface area contributed by atoms with Crippen LogP contribution in [0.2, 0.25) is 0 Å². The number of ketones is 1. The van der Waals surface area contributed by atoms with E-state index in [1.165, 1.54) is 0 Å². The van der Waals surface area contributed by atoms with Crippen LogP contribution in [0.3, 0.4) is 0 Å². The van der Waals surface area contributed by atoms with E-state index in [4.69, 9.17) is 4.74 Å². The lowest BCUT2D eigenvalue weighted by Gasteiger charge is -2.32. The Kier molecular flexibility index (Phi) is 6.36. The predicted octanol–water partition coefficient (Wildman–Crippen LogP) is 1.87. The molecule has 4 nitrogen and oxygen atoms in total. The molecule has 1 aliphatic rings. The van der Waals surface area contributed by atoms with E-state index >= 15 is 0 Å². The van der Waals surface area contributed by atoms with Gasteiger partial charge < -0.3 is 14.7 Å². The average Bonchev–Trinajstić information content (AvgIpc) is 2.49. The molecule has 0 amide bonds. The van der Waals surface area contributed by atoms with Gasteiger partial charge in [-0.25, -0.2) is 0 Å². The average molecular weight is 291 g/mol. The molecular formula is C17H25NO3. The summed E-state index contributed by atoms with van der Waals surface area (Å²) in [6, 6.07) is 9.96. The first kappa shape index (κ1) is 16.1. The lowest BCUT2D eigenvalue weighted by Crippen LogP contribution is -2.41. The van der Waals surface area contributed by atoms with Gasteiger partial charge in [0.15, 0.2) is 0 Å². The second-order valence-electron chi connectivity index (χ2n) is 5.84. The minimum Gasteiger partial charge on any atom is -0.389 e. The van der Waals surface area contributed by atoms with Gasteiger partial charge in [-0.15, -0.1) is 0 Å². The van der Waals surface area contributed by atoms with Crippen LogP contribution >= 0.6 is 0 Å². The van der Waals surface area contributed by atoms with Gasteiger partial charge in [-0.3, -0.25) is 4.79 Å². The van der Waals surface area contributed by atoms with Crippen LogP contribution in [0.1, 0.15) is 25.3 Å². The van der Waals surface area contributed by atoms with Gasteiger partial charge in [0.05, 0.1) is 19.3 Å². The first-order chi connectivity index (χ1) is 10.1.